The summed E-state index contributed by atoms with van der Waals surface area (Å²) in [4.78, 5) is 44.0. The quantitative estimate of drug-likeness (QED) is 0.254. The zero-order valence-electron chi connectivity index (χ0n) is 24.3. The van der Waals surface area contributed by atoms with E-state index in [1.807, 2.05) is 11.9 Å². The molecule has 6 unspecified atom stereocenters. The van der Waals surface area contributed by atoms with Gasteiger partial charge in [-0.25, -0.2) is 0 Å². The second-order valence-corrected chi connectivity index (χ2v) is 11.1. The second-order valence-electron chi connectivity index (χ2n) is 11.1. The van der Waals surface area contributed by atoms with E-state index in [0.717, 1.165) is 0 Å². The molecule has 1 aromatic rings. The van der Waals surface area contributed by atoms with Gasteiger partial charge in [0.05, 0.1) is 32.3 Å². The highest BCUT2D eigenvalue weighted by atomic mass is 16.5. The Morgan fingerprint density at radius 3 is 2.32 bits per heavy atom. The molecule has 0 amide bonds. The van der Waals surface area contributed by atoms with Crippen LogP contribution in [0.25, 0.3) is 0 Å². The van der Waals surface area contributed by atoms with Crippen LogP contribution in [0.3, 0.4) is 0 Å². The molecular weight excluding hydrogens is 534 g/mol. The molecule has 3 aliphatic heterocycles. The molecule has 5 rings (SSSR count). The van der Waals surface area contributed by atoms with Gasteiger partial charge < -0.3 is 34.9 Å². The summed E-state index contributed by atoms with van der Waals surface area (Å²) in [5, 5.41) is 22.9. The van der Waals surface area contributed by atoms with Crippen LogP contribution < -0.4 is 10.5 Å². The number of phenolic OH excluding ortho intramolecular Hbond substituents is 2. The molecule has 1 aliphatic carbocycles. The van der Waals surface area contributed by atoms with E-state index in [1.54, 1.807) is 13.8 Å². The van der Waals surface area contributed by atoms with Crippen LogP contribution in [-0.2, 0) is 28.6 Å². The highest BCUT2D eigenvalue weighted by Gasteiger charge is 2.57. The van der Waals surface area contributed by atoms with Crippen LogP contribution in [0, 0.1) is 6.92 Å². The van der Waals surface area contributed by atoms with Crippen molar-refractivity contribution in [1.82, 2.24) is 9.80 Å². The van der Waals surface area contributed by atoms with Crippen LogP contribution in [0.2, 0.25) is 0 Å². The molecule has 1 saturated heterocycles. The zero-order valence-corrected chi connectivity index (χ0v) is 24.3. The molecule has 0 spiro atoms. The number of esters is 1. The van der Waals surface area contributed by atoms with Crippen LogP contribution >= 0.6 is 0 Å². The number of benzene rings is 1. The first-order chi connectivity index (χ1) is 19.4. The molecule has 1 aromatic carbocycles. The topological polar surface area (TPSA) is 161 Å². The third kappa shape index (κ3) is 4.07. The Morgan fingerprint density at radius 2 is 1.73 bits per heavy atom. The van der Waals surface area contributed by atoms with E-state index >= 15 is 0 Å². The lowest BCUT2D eigenvalue weighted by Crippen LogP contribution is -2.67. The van der Waals surface area contributed by atoms with Crippen LogP contribution in [-0.4, -0.2) is 103 Å². The molecule has 3 heterocycles. The monoisotopic (exact) mass is 571 g/mol. The predicted molar refractivity (Wildman–Crippen MR) is 145 cm³/mol. The molecule has 4 N–H and O–H groups in total. The minimum absolute atomic E-state index is 0.0244. The smallest absolute Gasteiger partial charge is 0.322 e. The van der Waals surface area contributed by atoms with Crippen molar-refractivity contribution in [1.29, 1.82) is 0 Å². The van der Waals surface area contributed by atoms with Gasteiger partial charge in [0.2, 0.25) is 5.78 Å². The summed E-state index contributed by atoms with van der Waals surface area (Å²) in [6.07, 6.45) is -0.466. The highest BCUT2D eigenvalue weighted by Crippen LogP contribution is 2.58. The normalized spacial score (nSPS) is 28.6. The number of methoxy groups -OCH3 is 3. The van der Waals surface area contributed by atoms with Gasteiger partial charge in [0.15, 0.2) is 23.0 Å². The molecule has 12 nitrogen and oxygen atoms in total. The fourth-order valence-electron chi connectivity index (χ4n) is 7.13. The third-order valence-electron chi connectivity index (χ3n) is 9.09. The van der Waals surface area contributed by atoms with Crippen LogP contribution in [0.1, 0.15) is 49.1 Å². The zero-order chi connectivity index (χ0) is 30.1. The Hall–Kier alpha value is -3.45. The summed E-state index contributed by atoms with van der Waals surface area (Å²) in [6.45, 7) is 4.86. The predicted octanol–water partition coefficient (Wildman–Crippen LogP) is 1.17. The average Bonchev–Trinajstić information content (AvgIpc) is 2.93. The Balaban J connectivity index is 1.72. The number of carbonyl (C=O) groups excluding carboxylic acids is 3. The summed E-state index contributed by atoms with van der Waals surface area (Å²) in [5.74, 6) is -1.42. The number of nitrogens with zero attached hydrogens (tertiary/aromatic N) is 2. The maximum atomic E-state index is 13.8. The Bertz CT molecular complexity index is 1400. The minimum atomic E-state index is -0.879. The first kappa shape index (κ1) is 29.1. The van der Waals surface area contributed by atoms with Gasteiger partial charge in [-0.15, -0.1) is 0 Å². The van der Waals surface area contributed by atoms with Crippen molar-refractivity contribution in [3.05, 3.63) is 39.2 Å². The number of aromatic hydroxyl groups is 2. The lowest BCUT2D eigenvalue weighted by atomic mass is 9.70. The molecule has 1 fully saturated rings. The summed E-state index contributed by atoms with van der Waals surface area (Å²) < 4.78 is 22.3. The summed E-state index contributed by atoms with van der Waals surface area (Å²) >= 11 is 0. The number of Topliss-reactive ketones (excluding diaryl/α,β-unsaturated/α-hetero) is 2. The van der Waals surface area contributed by atoms with Crippen molar-refractivity contribution in [2.45, 2.75) is 63.5 Å². The number of allylic oxidation sites excluding steroid dienone is 2. The first-order valence-corrected chi connectivity index (χ1v) is 13.5. The van der Waals surface area contributed by atoms with E-state index in [9.17, 15) is 24.6 Å². The maximum Gasteiger partial charge on any atom is 0.322 e. The number of carbonyl (C=O) groups is 3. The van der Waals surface area contributed by atoms with Crippen molar-refractivity contribution in [3.63, 3.8) is 0 Å². The summed E-state index contributed by atoms with van der Waals surface area (Å²) in [6, 6.07) is -2.98. The molecule has 2 bridgehead atoms. The standard InChI is InChI=1S/C29H37N3O9/c1-11-22(33)14-8-15-21-19-20(23(34)12(2)27(39-6)25(19)36)28(40-7)16(31(21)4)9-32(15)17(10-41-29(37)13(3)30)18(14)24(35)26(11)38-5/h13,15-17,21,28,34,36H,8-10,30H2,1-7H3. The van der Waals surface area contributed by atoms with Crippen molar-refractivity contribution in [2.24, 2.45) is 5.73 Å². The van der Waals surface area contributed by atoms with Crippen LogP contribution in [0.5, 0.6) is 17.2 Å². The average molecular weight is 572 g/mol. The number of fused-ring (bicyclic) bond motifs is 6. The molecule has 0 saturated carbocycles. The van der Waals surface area contributed by atoms with E-state index in [2.05, 4.69) is 4.90 Å². The molecule has 222 valence electrons. The summed E-state index contributed by atoms with van der Waals surface area (Å²) in [7, 11) is 6.20. The second kappa shape index (κ2) is 10.4. The maximum absolute atomic E-state index is 13.8. The van der Waals surface area contributed by atoms with E-state index in [1.165, 1.54) is 28.3 Å². The number of rotatable bonds is 6. The van der Waals surface area contributed by atoms with Crippen LogP contribution in [0.15, 0.2) is 22.5 Å². The number of piperazine rings is 1. The molecule has 41 heavy (non-hydrogen) atoms. The number of ketones is 2. The Labute approximate surface area is 238 Å². The van der Waals surface area contributed by atoms with Gasteiger partial charge in [0, 0.05) is 53.1 Å². The largest absolute Gasteiger partial charge is 0.507 e. The number of ether oxygens (including phenoxy) is 4. The third-order valence-corrected chi connectivity index (χ3v) is 9.09. The van der Waals surface area contributed by atoms with Gasteiger partial charge in [0.25, 0.3) is 0 Å². The van der Waals surface area contributed by atoms with Gasteiger partial charge >= 0.3 is 5.97 Å². The van der Waals surface area contributed by atoms with Gasteiger partial charge in [-0.1, -0.05) is 0 Å². The Morgan fingerprint density at radius 1 is 1.05 bits per heavy atom. The van der Waals surface area contributed by atoms with Crippen molar-refractivity contribution >= 4 is 17.5 Å². The molecule has 6 atom stereocenters. The van der Waals surface area contributed by atoms with Gasteiger partial charge in [0.1, 0.15) is 24.5 Å². The van der Waals surface area contributed by atoms with E-state index in [4.69, 9.17) is 24.7 Å². The van der Waals surface area contributed by atoms with Gasteiger partial charge in [-0.3, -0.25) is 24.2 Å². The molecule has 4 aliphatic rings. The molecular formula is C29H37N3O9. The van der Waals surface area contributed by atoms with Gasteiger partial charge in [-0.2, -0.15) is 0 Å². The molecule has 0 radical (unpaired) electrons. The fraction of sp³-hybridized carbons (Fsp3) is 0.552. The Kier molecular flexibility index (Phi) is 7.39. The molecule has 0 aromatic heterocycles. The van der Waals surface area contributed by atoms with Crippen molar-refractivity contribution < 1.29 is 43.5 Å². The SMILES string of the molecule is COC1=C(C)C(=O)C2=C(C1=O)C(COC(=O)C(C)N)N1CC3C(OC)c4c(O)c(C)c(OC)c(O)c4C(C1C2)N3C. The van der Waals surface area contributed by atoms with E-state index in [-0.39, 0.29) is 59.0 Å². The lowest BCUT2D eigenvalue weighted by Gasteiger charge is -2.59. The van der Waals surface area contributed by atoms with E-state index in [0.29, 0.717) is 28.8 Å². The minimum Gasteiger partial charge on any atom is -0.507 e. The number of nitrogens with two attached hydrogens (primary N) is 1. The van der Waals surface area contributed by atoms with Crippen molar-refractivity contribution in [2.75, 3.05) is 41.5 Å². The lowest BCUT2D eigenvalue weighted by molar-refractivity contribution is -0.150. The van der Waals surface area contributed by atoms with Crippen LogP contribution in [0.4, 0.5) is 0 Å². The van der Waals surface area contributed by atoms with Gasteiger partial charge in [-0.05, 0) is 34.2 Å². The molecule has 12 heteroatoms. The number of likely N-dealkylation sites (N-methyl/N-ethyl adjacent to an activating group) is 1. The fourth-order valence-corrected chi connectivity index (χ4v) is 7.13. The highest BCUT2D eigenvalue weighted by molar-refractivity contribution is 6.25. The number of phenols is 2. The van der Waals surface area contributed by atoms with E-state index < -0.39 is 42.0 Å². The number of hydrogen-bond acceptors (Lipinski definition) is 12. The first-order valence-electron chi connectivity index (χ1n) is 13.5. The van der Waals surface area contributed by atoms with Crippen molar-refractivity contribution in [3.8, 4) is 17.2 Å². The summed E-state index contributed by atoms with van der Waals surface area (Å²) in [5.41, 5.74) is 7.80. The number of hydrogen-bond donors (Lipinski definition) is 3.